The Morgan fingerprint density at radius 2 is 2.00 bits per heavy atom. The number of hydrogen-bond donors (Lipinski definition) is 2. The second-order valence-corrected chi connectivity index (χ2v) is 4.73. The van der Waals surface area contributed by atoms with Gasteiger partial charge in [0.05, 0.1) is 6.04 Å². The molecule has 0 aliphatic heterocycles. The van der Waals surface area contributed by atoms with Crippen LogP contribution in [0.25, 0.3) is 0 Å². The Morgan fingerprint density at radius 3 is 2.45 bits per heavy atom. The number of nitrogens with two attached hydrogens (primary N) is 2. The highest BCUT2D eigenvalue weighted by molar-refractivity contribution is 7.41. The van der Waals surface area contributed by atoms with Gasteiger partial charge in [0.2, 0.25) is 0 Å². The van der Waals surface area contributed by atoms with Crippen LogP contribution in [0.4, 0.5) is 0 Å². The predicted octanol–water partition coefficient (Wildman–Crippen LogP) is 1.59. The molecule has 0 saturated heterocycles. The second kappa shape index (κ2) is 2.81. The molecule has 0 radical (unpaired) electrons. The third kappa shape index (κ3) is 1.46. The van der Waals surface area contributed by atoms with E-state index >= 15 is 0 Å². The zero-order valence-electron chi connectivity index (χ0n) is 6.61. The normalized spacial score (nSPS) is 41.1. The van der Waals surface area contributed by atoms with Crippen molar-refractivity contribution in [3.63, 3.8) is 0 Å². The Bertz CT molecular complexity index is 188. The Kier molecular flexibility index (Phi) is 1.96. The van der Waals surface area contributed by atoms with E-state index in [1.165, 1.54) is 25.7 Å². The quantitative estimate of drug-likeness (QED) is 0.590. The molecule has 2 saturated carbocycles. The summed E-state index contributed by atoms with van der Waals surface area (Å²) in [6.07, 6.45) is 5.43. The first-order valence-corrected chi connectivity index (χ1v) is 5.69. The number of fused-ring (bicyclic) bond motifs is 2. The first kappa shape index (κ1) is 7.66. The molecule has 2 fully saturated rings. The van der Waals surface area contributed by atoms with Crippen LogP contribution in [-0.4, -0.2) is 6.04 Å². The maximum atomic E-state index is 5.48. The molecule has 0 heterocycles. The fourth-order valence-corrected chi connectivity index (χ4v) is 3.15. The van der Waals surface area contributed by atoms with E-state index in [9.17, 15) is 0 Å². The maximum absolute atomic E-state index is 5.48. The molecule has 2 aliphatic rings. The monoisotopic (exact) mass is 172 g/mol. The van der Waals surface area contributed by atoms with Gasteiger partial charge in [-0.25, -0.2) is 0 Å². The lowest BCUT2D eigenvalue weighted by atomic mass is 9.96. The average molecular weight is 172 g/mol. The van der Waals surface area contributed by atoms with Gasteiger partial charge in [-0.3, -0.25) is 0 Å². The molecule has 0 amide bonds. The Labute approximate surface area is 68.1 Å². The Hall–Kier alpha value is 0.0200. The number of hydrogen-bond acceptors (Lipinski definition) is 1. The van der Waals surface area contributed by atoms with Crippen LogP contribution in [-0.2, 0) is 0 Å². The molecule has 3 atom stereocenters. The van der Waals surface area contributed by atoms with Gasteiger partial charge in [0.25, 0.3) is 0 Å². The van der Waals surface area contributed by atoms with E-state index in [1.54, 1.807) is 0 Å². The van der Waals surface area contributed by atoms with Crippen molar-refractivity contribution in [1.82, 2.24) is 0 Å². The summed E-state index contributed by atoms with van der Waals surface area (Å²) in [5.74, 6) is 1.78. The molecule has 4 heteroatoms. The largest absolute Gasteiger partial charge is 0.387 e. The summed E-state index contributed by atoms with van der Waals surface area (Å²) in [4.78, 5) is 0. The zero-order chi connectivity index (χ0) is 7.84. The first-order chi connectivity index (χ1) is 5.25. The van der Waals surface area contributed by atoms with Crippen molar-refractivity contribution in [3.05, 3.63) is 0 Å². The highest BCUT2D eigenvalue weighted by atomic mass is 31.1. The SMILES string of the molecule is N[P+](N)=NC1CC2CCC1C2. The van der Waals surface area contributed by atoms with Crippen molar-refractivity contribution in [1.29, 1.82) is 0 Å². The van der Waals surface area contributed by atoms with Crippen LogP contribution in [0, 0.1) is 11.8 Å². The molecule has 0 spiro atoms. The highest BCUT2D eigenvalue weighted by Gasteiger charge is 2.41. The van der Waals surface area contributed by atoms with E-state index < -0.39 is 8.01 Å². The van der Waals surface area contributed by atoms with E-state index in [0.29, 0.717) is 6.04 Å². The Morgan fingerprint density at radius 1 is 1.18 bits per heavy atom. The molecule has 2 bridgehead atoms. The molecule has 62 valence electrons. The summed E-state index contributed by atoms with van der Waals surface area (Å²) < 4.78 is 4.38. The number of nitrogens with zero attached hydrogens (tertiary/aromatic N) is 1. The van der Waals surface area contributed by atoms with Gasteiger partial charge in [-0.15, -0.1) is 11.0 Å². The fraction of sp³-hybridized carbons (Fsp3) is 1.00. The lowest BCUT2D eigenvalue weighted by Crippen LogP contribution is -2.14. The van der Waals surface area contributed by atoms with Crippen molar-refractivity contribution in [3.8, 4) is 0 Å². The summed E-state index contributed by atoms with van der Waals surface area (Å²) >= 11 is 0. The minimum Gasteiger partial charge on any atom is -0.121 e. The minimum absolute atomic E-state index is 0.523. The summed E-state index contributed by atoms with van der Waals surface area (Å²) in [7, 11) is -0.998. The van der Waals surface area contributed by atoms with Gasteiger partial charge in [-0.2, -0.15) is 0 Å². The van der Waals surface area contributed by atoms with E-state index in [-0.39, 0.29) is 0 Å². The molecular formula is C7H15N3P+. The van der Waals surface area contributed by atoms with Crippen LogP contribution >= 0.6 is 8.01 Å². The van der Waals surface area contributed by atoms with Crippen LogP contribution in [0.5, 0.6) is 0 Å². The zero-order valence-corrected chi connectivity index (χ0v) is 7.50. The molecule has 3 unspecified atom stereocenters. The lowest BCUT2D eigenvalue weighted by Gasteiger charge is -2.13. The maximum Gasteiger partial charge on any atom is 0.387 e. The van der Waals surface area contributed by atoms with Crippen molar-refractivity contribution in [2.75, 3.05) is 0 Å². The first-order valence-electron chi connectivity index (χ1n) is 4.26. The molecule has 4 N–H and O–H groups in total. The third-order valence-corrected chi connectivity index (χ3v) is 3.55. The topological polar surface area (TPSA) is 64.4 Å². The van der Waals surface area contributed by atoms with Gasteiger partial charge in [-0.1, -0.05) is 11.2 Å². The summed E-state index contributed by atoms with van der Waals surface area (Å²) in [6, 6.07) is 0.523. The molecule has 2 rings (SSSR count). The van der Waals surface area contributed by atoms with Gasteiger partial charge in [0.15, 0.2) is 0 Å². The van der Waals surface area contributed by atoms with Gasteiger partial charge in [0.1, 0.15) is 0 Å². The second-order valence-electron chi connectivity index (χ2n) is 3.74. The third-order valence-electron chi connectivity index (χ3n) is 2.98. The van der Waals surface area contributed by atoms with Crippen molar-refractivity contribution >= 4 is 8.01 Å². The molecule has 0 aromatic rings. The van der Waals surface area contributed by atoms with E-state index in [4.69, 9.17) is 11.0 Å². The van der Waals surface area contributed by atoms with Gasteiger partial charge in [-0.05, 0) is 31.1 Å². The van der Waals surface area contributed by atoms with Crippen molar-refractivity contribution in [2.45, 2.75) is 31.7 Å². The summed E-state index contributed by atoms with van der Waals surface area (Å²) in [5, 5.41) is 0. The van der Waals surface area contributed by atoms with Crippen LogP contribution in [0.3, 0.4) is 0 Å². The smallest absolute Gasteiger partial charge is 0.121 e. The predicted molar refractivity (Wildman–Crippen MR) is 47.0 cm³/mol. The van der Waals surface area contributed by atoms with Crippen molar-refractivity contribution in [2.24, 2.45) is 27.6 Å². The van der Waals surface area contributed by atoms with Crippen molar-refractivity contribution < 1.29 is 0 Å². The van der Waals surface area contributed by atoms with E-state index in [1.807, 2.05) is 0 Å². The average Bonchev–Trinajstić information content (AvgIpc) is 2.45. The molecule has 11 heavy (non-hydrogen) atoms. The van der Waals surface area contributed by atoms with Crippen LogP contribution < -0.4 is 11.0 Å². The Balaban J connectivity index is 2.03. The van der Waals surface area contributed by atoms with Gasteiger partial charge < -0.3 is 0 Å². The number of rotatable bonds is 1. The van der Waals surface area contributed by atoms with Crippen LogP contribution in [0.1, 0.15) is 25.7 Å². The fourth-order valence-electron chi connectivity index (χ4n) is 2.52. The van der Waals surface area contributed by atoms with E-state index in [0.717, 1.165) is 11.8 Å². The molecule has 0 aromatic carbocycles. The minimum atomic E-state index is -0.998. The van der Waals surface area contributed by atoms with Crippen LogP contribution in [0.15, 0.2) is 4.74 Å². The molecule has 2 aliphatic carbocycles. The standard InChI is InChI=1S/C7H15N3P/c8-11(9)10-7-4-5-1-2-6(7)3-5/h5-7H,1-4H2,(H4,8,9,10)/q+1. The van der Waals surface area contributed by atoms with Crippen LogP contribution in [0.2, 0.25) is 0 Å². The highest BCUT2D eigenvalue weighted by Crippen LogP contribution is 2.46. The lowest BCUT2D eigenvalue weighted by molar-refractivity contribution is 0.423. The van der Waals surface area contributed by atoms with Gasteiger partial charge >= 0.3 is 8.01 Å². The molecule has 3 nitrogen and oxygen atoms in total. The molecular weight excluding hydrogens is 157 g/mol. The summed E-state index contributed by atoms with van der Waals surface area (Å²) in [5.41, 5.74) is 11.0. The molecule has 0 aromatic heterocycles. The van der Waals surface area contributed by atoms with E-state index in [2.05, 4.69) is 4.74 Å². The summed E-state index contributed by atoms with van der Waals surface area (Å²) in [6.45, 7) is 0. The van der Waals surface area contributed by atoms with Gasteiger partial charge in [0, 0.05) is 0 Å².